The Kier molecular flexibility index (Phi) is 28.1. The van der Waals surface area contributed by atoms with Crippen molar-refractivity contribution in [1.82, 2.24) is 47.4 Å². The first-order valence-corrected chi connectivity index (χ1v) is 23.6. The summed E-state index contributed by atoms with van der Waals surface area (Å²) in [4.78, 5) is 136. The van der Waals surface area contributed by atoms with Crippen molar-refractivity contribution >= 4 is 65.1 Å². The molecule has 0 unspecified atom stereocenters. The number of aliphatic hydroxyl groups is 2. The van der Waals surface area contributed by atoms with E-state index in [9.17, 15) is 63.3 Å². The molecular formula is C43H78N14O13. The number of rotatable bonds is 32. The fraction of sp³-hybridized carbons (Fsp3) is 0.744. The topological polar surface area (TPSA) is 447 Å². The van der Waals surface area contributed by atoms with Gasteiger partial charge in [0, 0.05) is 13.1 Å². The van der Waals surface area contributed by atoms with E-state index in [0.717, 1.165) is 0 Å². The van der Waals surface area contributed by atoms with Crippen molar-refractivity contribution < 1.29 is 63.3 Å². The van der Waals surface area contributed by atoms with Gasteiger partial charge in [-0.15, -0.1) is 0 Å². The highest BCUT2D eigenvalue weighted by atomic mass is 16.4. The molecule has 0 saturated carbocycles. The van der Waals surface area contributed by atoms with Crippen molar-refractivity contribution in [3.63, 3.8) is 0 Å². The van der Waals surface area contributed by atoms with Gasteiger partial charge in [-0.2, -0.15) is 0 Å². The Balaban J connectivity index is 3.02. The van der Waals surface area contributed by atoms with Gasteiger partial charge in [0.05, 0.1) is 31.8 Å². The number of likely N-dealkylation sites (tertiary alicyclic amines) is 1. The fourth-order valence-corrected chi connectivity index (χ4v) is 7.05. The van der Waals surface area contributed by atoms with E-state index in [4.69, 9.17) is 22.9 Å². The first kappa shape index (κ1) is 61.8. The monoisotopic (exact) mass is 999 g/mol. The third kappa shape index (κ3) is 21.2. The molecule has 0 spiro atoms. The molecule has 0 aromatic rings. The summed E-state index contributed by atoms with van der Waals surface area (Å²) in [7, 11) is 0. The number of aliphatic imine (C=N–C) groups is 1. The lowest BCUT2D eigenvalue weighted by molar-refractivity contribution is -0.141. The number of carboxylic acid groups (broad SMARTS) is 1. The van der Waals surface area contributed by atoms with Crippen LogP contribution in [-0.2, 0) is 47.9 Å². The second-order valence-electron chi connectivity index (χ2n) is 17.4. The molecule has 1 saturated heterocycles. The molecule has 1 rings (SSSR count). The number of amides is 9. The highest BCUT2D eigenvalue weighted by molar-refractivity contribution is 5.98. The van der Waals surface area contributed by atoms with Gasteiger partial charge in [0.15, 0.2) is 5.96 Å². The molecule has 1 heterocycles. The standard InChI is InChI=1S/C43H78N14O13/c1-7-22(3)32(55-41(68)34(25(6)59)56-40(67)33(23(4)8-2)54-37(64)28(21-58)53-35(62)26(45)13-9-10-16-44)39(66)50-20-31(61)57-18-12-15-29(57)38(65)49-19-30(60)52-27(14-11-17-48-43(46)47)36(63)51-24(5)42(69)70/h22-29,32-34,58-59H,7-21,44-45H2,1-6H3,(H,49,65)(H,50,66)(H,51,63)(H,52,60)(H,53,62)(H,54,64)(H,55,68)(H,56,67)(H,69,70)(H4,46,47,48)/t22-,23-,24-,25+,26-,27-,28-,29-,32-,33-,34-/m0/s1. The number of aliphatic carboxylic acids is 1. The van der Waals surface area contributed by atoms with Crippen LogP contribution in [0.1, 0.15) is 99.3 Å². The number of nitrogens with one attached hydrogen (secondary N) is 8. The average molecular weight is 999 g/mol. The quantitative estimate of drug-likeness (QED) is 0.0170. The van der Waals surface area contributed by atoms with E-state index in [-0.39, 0.29) is 44.7 Å². The van der Waals surface area contributed by atoms with Crippen LogP contribution in [0, 0.1) is 11.8 Å². The molecule has 1 fully saturated rings. The molecule has 1 aliphatic rings. The lowest BCUT2D eigenvalue weighted by atomic mass is 9.96. The van der Waals surface area contributed by atoms with Crippen LogP contribution in [0.15, 0.2) is 4.99 Å². The van der Waals surface area contributed by atoms with Gasteiger partial charge in [0.2, 0.25) is 53.2 Å². The zero-order valence-electron chi connectivity index (χ0n) is 41.1. The van der Waals surface area contributed by atoms with Crippen LogP contribution in [0.5, 0.6) is 0 Å². The first-order valence-electron chi connectivity index (χ1n) is 23.6. The van der Waals surface area contributed by atoms with E-state index in [1.165, 1.54) is 18.7 Å². The van der Waals surface area contributed by atoms with E-state index in [2.05, 4.69) is 47.5 Å². The van der Waals surface area contributed by atoms with Gasteiger partial charge in [-0.3, -0.25) is 52.9 Å². The third-order valence-corrected chi connectivity index (χ3v) is 11.8. The number of carboxylic acids is 1. The van der Waals surface area contributed by atoms with Crippen LogP contribution in [-0.4, -0.2) is 179 Å². The summed E-state index contributed by atoms with van der Waals surface area (Å²) in [5.41, 5.74) is 22.1. The number of hydrogen-bond acceptors (Lipinski definition) is 15. The zero-order valence-corrected chi connectivity index (χ0v) is 41.1. The molecule has 19 N–H and O–H groups in total. The minimum absolute atomic E-state index is 0.0231. The summed E-state index contributed by atoms with van der Waals surface area (Å²) in [6, 6.07) is -10.2. The van der Waals surface area contributed by atoms with Crippen molar-refractivity contribution in [2.75, 3.05) is 39.3 Å². The lowest BCUT2D eigenvalue weighted by Gasteiger charge is -2.30. The molecular weight excluding hydrogens is 921 g/mol. The van der Waals surface area contributed by atoms with Gasteiger partial charge in [-0.05, 0) is 70.8 Å². The van der Waals surface area contributed by atoms with Crippen molar-refractivity contribution in [2.24, 2.45) is 39.8 Å². The van der Waals surface area contributed by atoms with Crippen LogP contribution in [0.3, 0.4) is 0 Å². The van der Waals surface area contributed by atoms with Crippen LogP contribution < -0.4 is 65.5 Å². The number of carbonyl (C=O) groups excluding carboxylic acids is 9. The molecule has 70 heavy (non-hydrogen) atoms. The predicted molar refractivity (Wildman–Crippen MR) is 254 cm³/mol. The summed E-state index contributed by atoms with van der Waals surface area (Å²) in [6.45, 7) is 7.86. The second-order valence-corrected chi connectivity index (χ2v) is 17.4. The van der Waals surface area contributed by atoms with Crippen molar-refractivity contribution in [3.8, 4) is 0 Å². The highest BCUT2D eigenvalue weighted by Gasteiger charge is 2.38. The smallest absolute Gasteiger partial charge is 0.325 e. The summed E-state index contributed by atoms with van der Waals surface area (Å²) in [5.74, 6) is -9.78. The van der Waals surface area contributed by atoms with E-state index in [1.807, 2.05) is 0 Å². The van der Waals surface area contributed by atoms with Crippen LogP contribution in [0.25, 0.3) is 0 Å². The number of aliphatic hydroxyl groups excluding tert-OH is 2. The number of nitrogens with two attached hydrogens (primary N) is 4. The summed E-state index contributed by atoms with van der Waals surface area (Å²) in [5, 5.41) is 49.3. The van der Waals surface area contributed by atoms with Gasteiger partial charge in [-0.1, -0.05) is 47.0 Å². The van der Waals surface area contributed by atoms with Crippen LogP contribution >= 0.6 is 0 Å². The zero-order chi connectivity index (χ0) is 53.2. The Morgan fingerprint density at radius 2 is 1.26 bits per heavy atom. The number of unbranched alkanes of at least 4 members (excludes halogenated alkanes) is 1. The van der Waals surface area contributed by atoms with Gasteiger partial charge >= 0.3 is 5.97 Å². The Morgan fingerprint density at radius 1 is 0.686 bits per heavy atom. The molecule has 11 atom stereocenters. The Labute approximate surface area is 407 Å². The summed E-state index contributed by atoms with van der Waals surface area (Å²) < 4.78 is 0. The number of hydrogen-bond donors (Lipinski definition) is 15. The normalized spacial score (nSPS) is 17.5. The van der Waals surface area contributed by atoms with Gasteiger partial charge in [-0.25, -0.2) is 0 Å². The minimum Gasteiger partial charge on any atom is -0.480 e. The highest BCUT2D eigenvalue weighted by Crippen LogP contribution is 2.18. The maximum absolute atomic E-state index is 13.7. The molecule has 0 aliphatic carbocycles. The largest absolute Gasteiger partial charge is 0.480 e. The molecule has 1 aliphatic heterocycles. The van der Waals surface area contributed by atoms with Crippen molar-refractivity contribution in [1.29, 1.82) is 0 Å². The van der Waals surface area contributed by atoms with E-state index in [0.29, 0.717) is 38.6 Å². The van der Waals surface area contributed by atoms with Crippen molar-refractivity contribution in [2.45, 2.75) is 154 Å². The summed E-state index contributed by atoms with van der Waals surface area (Å²) >= 11 is 0. The number of carbonyl (C=O) groups is 10. The lowest BCUT2D eigenvalue weighted by Crippen LogP contribution is -2.63. The average Bonchev–Trinajstić information content (AvgIpc) is 3.82. The SMILES string of the molecule is CC[C@H](C)[C@H](NC(=O)[C@H](CO)NC(=O)[C@@H](N)CCCCN)C(=O)N[C@H](C(=O)N[C@H](C(=O)NCC(=O)N1CCC[C@H]1C(=O)NCC(=O)N[C@@H](CCCN=C(N)N)C(=O)N[C@@H](C)C(=O)O)[C@@H](C)CC)[C@@H](C)O. The predicted octanol–water partition coefficient (Wildman–Crippen LogP) is -5.80. The molecule has 0 bridgehead atoms. The Bertz CT molecular complexity index is 1820. The molecule has 0 radical (unpaired) electrons. The van der Waals surface area contributed by atoms with E-state index >= 15 is 0 Å². The van der Waals surface area contributed by atoms with E-state index < -0.39 is 145 Å². The van der Waals surface area contributed by atoms with E-state index in [1.54, 1.807) is 27.7 Å². The number of nitrogens with zero attached hydrogens (tertiary/aromatic N) is 2. The Hall–Kier alpha value is -6.19. The van der Waals surface area contributed by atoms with Crippen LogP contribution in [0.4, 0.5) is 0 Å². The summed E-state index contributed by atoms with van der Waals surface area (Å²) in [6.07, 6.45) is 1.55. The maximum atomic E-state index is 13.7. The van der Waals surface area contributed by atoms with Crippen molar-refractivity contribution in [3.05, 3.63) is 0 Å². The number of guanidine groups is 1. The minimum atomic E-state index is -1.65. The molecule has 0 aromatic carbocycles. The molecule has 9 amide bonds. The second kappa shape index (κ2) is 31.8. The van der Waals surface area contributed by atoms with Crippen LogP contribution in [0.2, 0.25) is 0 Å². The molecule has 27 nitrogen and oxygen atoms in total. The van der Waals surface area contributed by atoms with Gasteiger partial charge < -0.3 is 85.7 Å². The Morgan fingerprint density at radius 3 is 1.81 bits per heavy atom. The van der Waals surface area contributed by atoms with Gasteiger partial charge in [0.1, 0.15) is 42.3 Å². The first-order chi connectivity index (χ1) is 32.9. The molecule has 0 aromatic heterocycles. The third-order valence-electron chi connectivity index (χ3n) is 11.8. The molecule has 398 valence electrons. The fourth-order valence-electron chi connectivity index (χ4n) is 7.05. The van der Waals surface area contributed by atoms with Gasteiger partial charge in [0.25, 0.3) is 0 Å². The molecule has 27 heteroatoms. The maximum Gasteiger partial charge on any atom is 0.325 e.